The molecule has 20 aromatic rings. The van der Waals surface area contributed by atoms with E-state index in [1.54, 1.807) is 26.4 Å². The fraction of sp³-hybridized carbons (Fsp3) is 0.0345. The Labute approximate surface area is 782 Å². The van der Waals surface area contributed by atoms with E-state index in [1.807, 2.05) is 91.0 Å². The summed E-state index contributed by atoms with van der Waals surface area (Å²) in [6.07, 6.45) is 2.56. The van der Waals surface area contributed by atoms with Gasteiger partial charge in [-0.05, 0) is 282 Å². The van der Waals surface area contributed by atoms with Crippen LogP contribution in [0.25, 0.3) is 98.7 Å². The van der Waals surface area contributed by atoms with Crippen molar-refractivity contribution in [2.45, 2.75) is 12.8 Å². The number of fused-ring (bicyclic) bond motifs is 4. The third-order valence-electron chi connectivity index (χ3n) is 23.2. The topological polar surface area (TPSA) is 115 Å². The molecule has 632 valence electrons. The molecule has 1 saturated heterocycles. The molecule has 6 N–H and O–H groups in total. The van der Waals surface area contributed by atoms with Gasteiger partial charge in [0.05, 0.1) is 0 Å². The van der Waals surface area contributed by atoms with E-state index in [-0.39, 0.29) is 0 Å². The Balaban J connectivity index is 0.000000141. The van der Waals surface area contributed by atoms with Crippen LogP contribution in [0.1, 0.15) is 12.8 Å². The van der Waals surface area contributed by atoms with E-state index in [2.05, 4.69) is 424 Å². The molecule has 13 heteroatoms. The number of nitrogens with zero attached hydrogens (tertiary/aromatic N) is 4. The van der Waals surface area contributed by atoms with Crippen molar-refractivity contribution in [3.63, 3.8) is 0 Å². The van der Waals surface area contributed by atoms with Crippen LogP contribution in [0, 0.1) is 0 Å². The molecule has 0 amide bonds. The fourth-order valence-corrected chi connectivity index (χ4v) is 17.7. The average Bonchev–Trinajstić information content (AvgIpc) is 0.843. The average molecular weight is 1900 g/mol. The molecule has 0 aromatic heterocycles. The molecule has 0 unspecified atom stereocenters. The molecular weight excluding hydrogens is 1810 g/mol. The van der Waals surface area contributed by atoms with Gasteiger partial charge < -0.3 is 45.9 Å². The molecule has 9 nitrogen and oxygen atoms in total. The summed E-state index contributed by atoms with van der Waals surface area (Å²) in [5, 5.41) is 27.9. The number of hydrogen-bond donors (Lipinski definition) is 4. The molecule has 20 aromatic carbocycles. The van der Waals surface area contributed by atoms with Gasteiger partial charge in [-0.3, -0.25) is 0 Å². The Hall–Kier alpha value is -14.1. The van der Waals surface area contributed by atoms with Gasteiger partial charge in [0, 0.05) is 108 Å². The summed E-state index contributed by atoms with van der Waals surface area (Å²) in [4.78, 5) is 9.08. The van der Waals surface area contributed by atoms with Gasteiger partial charge in [0.2, 0.25) is 0 Å². The Kier molecular flexibility index (Phi) is 28.3. The van der Waals surface area contributed by atoms with Crippen molar-refractivity contribution in [2.24, 2.45) is 0 Å². The third-order valence-corrected chi connectivity index (χ3v) is 23.9. The van der Waals surface area contributed by atoms with Crippen molar-refractivity contribution >= 4 is 172 Å². The molecule has 1 heterocycles. The van der Waals surface area contributed by atoms with Gasteiger partial charge in [-0.1, -0.05) is 313 Å². The van der Waals surface area contributed by atoms with Gasteiger partial charge in [0.1, 0.15) is 0 Å². The first-order chi connectivity index (χ1) is 63.6. The molecule has 0 spiro atoms. The zero-order chi connectivity index (χ0) is 88.2. The Morgan fingerprint density at radius 1 is 0.248 bits per heavy atom. The van der Waals surface area contributed by atoms with Crippen LogP contribution in [0.15, 0.2) is 478 Å². The second-order valence-electron chi connectivity index (χ2n) is 31.2. The number of benzene rings is 20. The van der Waals surface area contributed by atoms with E-state index in [0.717, 1.165) is 169 Å². The van der Waals surface area contributed by atoms with E-state index in [9.17, 15) is 10.0 Å². The molecule has 129 heavy (non-hydrogen) atoms. The fourth-order valence-electron chi connectivity index (χ4n) is 17.1. The number of anilines is 14. The van der Waals surface area contributed by atoms with Crippen molar-refractivity contribution in [3.8, 4) is 55.6 Å². The molecule has 0 aliphatic carbocycles. The van der Waals surface area contributed by atoms with E-state index >= 15 is 0 Å². The maximum atomic E-state index is 9.63. The predicted octanol–water partition coefficient (Wildman–Crippen LogP) is 31.2. The summed E-state index contributed by atoms with van der Waals surface area (Å²) in [7, 11) is -1.48. The predicted molar refractivity (Wildman–Crippen MR) is 556 cm³/mol. The van der Waals surface area contributed by atoms with Crippen LogP contribution in [0.5, 0.6) is 0 Å². The number of rotatable bonds is 18. The zero-order valence-corrected chi connectivity index (χ0v) is 75.4. The summed E-state index contributed by atoms with van der Waals surface area (Å²) in [6.45, 7) is 2.00. The van der Waals surface area contributed by atoms with Crippen molar-refractivity contribution < 1.29 is 27.5 Å². The molecule has 0 bridgehead atoms. The van der Waals surface area contributed by atoms with Crippen molar-refractivity contribution in [3.05, 3.63) is 478 Å². The molecule has 21 rings (SSSR count). The number of halogens is 2. The first-order valence-corrected chi connectivity index (χ1v) is 46.9. The van der Waals surface area contributed by atoms with Crippen LogP contribution in [0.4, 0.5) is 79.6 Å². The van der Waals surface area contributed by atoms with Crippen LogP contribution in [0.2, 0.25) is 0 Å². The van der Waals surface area contributed by atoms with E-state index in [4.69, 9.17) is 16.2 Å². The summed E-state index contributed by atoms with van der Waals surface area (Å²) < 4.78 is 5.96. The van der Waals surface area contributed by atoms with Crippen LogP contribution < -0.4 is 36.5 Å². The maximum absolute atomic E-state index is 9.63. The first kappa shape index (κ1) is 87.0. The van der Waals surface area contributed by atoms with Crippen molar-refractivity contribution in [1.29, 1.82) is 0 Å². The van der Waals surface area contributed by atoms with Crippen molar-refractivity contribution in [2.75, 3.05) is 44.3 Å². The summed E-state index contributed by atoms with van der Waals surface area (Å²) >= 11 is 9.52. The summed E-state index contributed by atoms with van der Waals surface area (Å²) in [6, 6.07) is 165. The van der Waals surface area contributed by atoms with Gasteiger partial charge in [-0.25, -0.2) is 0 Å². The van der Waals surface area contributed by atoms with Crippen LogP contribution in [0.3, 0.4) is 0 Å². The normalized spacial score (nSPS) is 11.4. The molecular formula is C116H92BBrCuIN6O3. The standard InChI is InChI=1S/C56H41N3.C28H22BNO2.C28H21BrN2.C4H8O.Cu.HI/c57-55-26-14-25-53-50(41-29-34-49(35-30-41)59(46-20-9-3-10-21-46)47-22-11-4-12-23-47)37-38-54(56(53)55)52-24-13-15-43-39-42(31-36-51(43)52)40-27-32-48(33-28-40)58(44-16-5-1-6-17-44)45-18-7-2-8-19-45;31-29(32)28-13-7-8-23-20-22(16-19-27(23)28)21-14-17-26(18-15-21)30(24-9-3-1-4-10-24)25-11-5-2-6-12-25;29-26-13-7-12-25-24(18-19-27(30)28(25)26)20-14-16-23(17-15-20)31(21-8-3-1-4-9-21)22-10-5-2-6-11-22;1-2-4-5-3-1;;/h1-39H,57H2;1-20,31-32H;1-19H,30H2;1-4H2;;1H/q;;;;+1;/p-1. The quantitative estimate of drug-likeness (QED) is 0.0379. The van der Waals surface area contributed by atoms with Crippen LogP contribution in [-0.2, 0) is 17.5 Å². The zero-order valence-electron chi connectivity index (χ0n) is 70.7. The number of hydrogen-bond acceptors (Lipinski definition) is 9. The number of para-hydroxylation sites is 8. The Morgan fingerprint density at radius 3 is 0.891 bits per heavy atom. The monoisotopic (exact) mass is 1900 g/mol. The Morgan fingerprint density at radius 2 is 0.535 bits per heavy atom. The van der Waals surface area contributed by atoms with E-state index in [0.29, 0.717) is 5.46 Å². The second-order valence-corrected chi connectivity index (χ2v) is 32.1. The van der Waals surface area contributed by atoms with Gasteiger partial charge in [-0.15, -0.1) is 0 Å². The molecule has 1 fully saturated rings. The number of nitrogens with two attached hydrogens (primary N) is 2. The minimum atomic E-state index is -1.48. The van der Waals surface area contributed by atoms with Gasteiger partial charge in [0.25, 0.3) is 0 Å². The molecule has 0 radical (unpaired) electrons. The number of nitrogen functional groups attached to an aromatic ring is 2. The summed E-state index contributed by atoms with van der Waals surface area (Å²) in [5.74, 6) is 0. The second kappa shape index (κ2) is 42.0. The minimum absolute atomic E-state index is 0.519. The third kappa shape index (κ3) is 20.0. The Bertz CT molecular complexity index is 6920. The molecule has 1 aliphatic heterocycles. The van der Waals surface area contributed by atoms with Gasteiger partial charge in [0.15, 0.2) is 0 Å². The summed E-state index contributed by atoms with van der Waals surface area (Å²) in [5.41, 5.74) is 40.0. The molecule has 0 atom stereocenters. The van der Waals surface area contributed by atoms with Crippen LogP contribution in [-0.4, -0.2) is 30.4 Å². The first-order valence-electron chi connectivity index (χ1n) is 43.0. The molecule has 1 aliphatic rings. The van der Waals surface area contributed by atoms with Gasteiger partial charge >= 0.3 is 40.2 Å². The van der Waals surface area contributed by atoms with Crippen molar-refractivity contribution in [1.82, 2.24) is 0 Å². The SMILES string of the molecule is C1CCOC1.Nc1ccc(-c2ccc(N(c3ccccc3)c3ccccc3)cc2)c2cccc(Br)c12.Nc1cccc2c(-c3ccc(N(c4ccccc4)c4ccccc4)cc3)ccc(-c3cccc4cc(-c5ccc(N(c6ccccc6)c6ccccc6)cc5)ccc34)c12.OB(O)c1cccc2cc(-c3ccc(N(c4ccccc4)c4ccccc4)cc3)ccc12.[Cu][I]. The number of ether oxygens (including phenoxy) is 1. The van der Waals surface area contributed by atoms with Gasteiger partial charge in [-0.2, -0.15) is 0 Å². The molecule has 0 saturated carbocycles. The van der Waals surface area contributed by atoms with E-state index in [1.165, 1.54) is 40.3 Å². The van der Waals surface area contributed by atoms with E-state index < -0.39 is 7.12 Å². The van der Waals surface area contributed by atoms with Crippen LogP contribution >= 0.6 is 36.3 Å².